The van der Waals surface area contributed by atoms with Crippen molar-refractivity contribution in [2.24, 2.45) is 5.41 Å². The number of carbonyl (C=O) groups is 2. The fraction of sp³-hybridized carbons (Fsp3) is 0.455. The van der Waals surface area contributed by atoms with E-state index < -0.39 is 11.5 Å². The van der Waals surface area contributed by atoms with Crippen LogP contribution < -0.4 is 0 Å². The summed E-state index contributed by atoms with van der Waals surface area (Å²) >= 11 is 0. The average molecular weight is 382 g/mol. The molecule has 6 heteroatoms. The smallest absolute Gasteiger partial charge is 0.253 e. The number of benzene rings is 1. The maximum absolute atomic E-state index is 13.0. The molecule has 3 heterocycles. The van der Waals surface area contributed by atoms with Crippen molar-refractivity contribution in [2.75, 3.05) is 26.7 Å². The average Bonchev–Trinajstić information content (AvgIpc) is 3.13. The van der Waals surface area contributed by atoms with Gasteiger partial charge in [0, 0.05) is 37.8 Å². The zero-order valence-electron chi connectivity index (χ0n) is 16.4. The van der Waals surface area contributed by atoms with Crippen LogP contribution in [0.15, 0.2) is 40.8 Å². The van der Waals surface area contributed by atoms with Crippen LogP contribution >= 0.6 is 0 Å². The first-order valence-electron chi connectivity index (χ1n) is 9.78. The third-order valence-electron chi connectivity index (χ3n) is 6.05. The lowest BCUT2D eigenvalue weighted by Gasteiger charge is -2.47. The fourth-order valence-corrected chi connectivity index (χ4v) is 4.54. The van der Waals surface area contributed by atoms with Crippen LogP contribution in [0.2, 0.25) is 0 Å². The van der Waals surface area contributed by atoms with Gasteiger partial charge in [0.2, 0.25) is 5.91 Å². The lowest BCUT2D eigenvalue weighted by atomic mass is 9.71. The van der Waals surface area contributed by atoms with Crippen molar-refractivity contribution in [3.63, 3.8) is 0 Å². The molecule has 1 unspecified atom stereocenters. The van der Waals surface area contributed by atoms with E-state index in [0.717, 1.165) is 17.1 Å². The van der Waals surface area contributed by atoms with Gasteiger partial charge in [0.05, 0.1) is 11.5 Å². The lowest BCUT2D eigenvalue weighted by Crippen LogP contribution is -2.56. The first-order valence-corrected chi connectivity index (χ1v) is 9.78. The van der Waals surface area contributed by atoms with Crippen LogP contribution in [0.1, 0.15) is 35.4 Å². The van der Waals surface area contributed by atoms with Crippen LogP contribution in [-0.4, -0.2) is 59.5 Å². The minimum atomic E-state index is -0.531. The third-order valence-corrected chi connectivity index (χ3v) is 6.05. The fourth-order valence-electron chi connectivity index (χ4n) is 4.54. The highest BCUT2D eigenvalue weighted by Gasteiger charge is 2.48. The van der Waals surface area contributed by atoms with Gasteiger partial charge >= 0.3 is 0 Å². The number of likely N-dealkylation sites (tertiary alicyclic amines) is 2. The largest absolute Gasteiger partial charge is 0.461 e. The van der Waals surface area contributed by atoms with Crippen LogP contribution in [0.3, 0.4) is 0 Å². The Balaban J connectivity index is 1.48. The number of piperidine rings is 2. The van der Waals surface area contributed by atoms with Gasteiger partial charge < -0.3 is 19.3 Å². The second kappa shape index (κ2) is 7.09. The highest BCUT2D eigenvalue weighted by atomic mass is 16.3. The summed E-state index contributed by atoms with van der Waals surface area (Å²) in [6.45, 7) is 3.33. The molecule has 0 radical (unpaired) electrons. The number of likely N-dealkylation sites (N-methyl/N-ethyl adjacent to an activating group) is 1. The summed E-state index contributed by atoms with van der Waals surface area (Å²) in [5, 5.41) is 10.1. The molecule has 0 bridgehead atoms. The molecule has 2 fully saturated rings. The molecule has 28 heavy (non-hydrogen) atoms. The highest BCUT2D eigenvalue weighted by Crippen LogP contribution is 2.41. The molecule has 1 aromatic heterocycles. The highest BCUT2D eigenvalue weighted by molar-refractivity contribution is 5.95. The van der Waals surface area contributed by atoms with Gasteiger partial charge in [0.25, 0.3) is 5.91 Å². The monoisotopic (exact) mass is 382 g/mol. The second-order valence-corrected chi connectivity index (χ2v) is 8.11. The predicted octanol–water partition coefficient (Wildman–Crippen LogP) is 2.70. The van der Waals surface area contributed by atoms with Gasteiger partial charge in [-0.25, -0.2) is 0 Å². The molecule has 2 aliphatic rings. The maximum atomic E-state index is 13.0. The van der Waals surface area contributed by atoms with E-state index in [1.165, 1.54) is 0 Å². The van der Waals surface area contributed by atoms with Gasteiger partial charge in [-0.05, 0) is 50.5 Å². The van der Waals surface area contributed by atoms with Gasteiger partial charge in [-0.15, -0.1) is 0 Å². The second-order valence-electron chi connectivity index (χ2n) is 8.11. The summed E-state index contributed by atoms with van der Waals surface area (Å²) in [6.07, 6.45) is 1.19. The van der Waals surface area contributed by atoms with Gasteiger partial charge in [-0.3, -0.25) is 9.59 Å². The molecule has 0 saturated carbocycles. The number of hydrogen-bond acceptors (Lipinski definition) is 4. The van der Waals surface area contributed by atoms with E-state index in [2.05, 4.69) is 0 Å². The van der Waals surface area contributed by atoms with Crippen molar-refractivity contribution in [3.05, 3.63) is 47.7 Å². The van der Waals surface area contributed by atoms with E-state index in [4.69, 9.17) is 4.42 Å². The van der Waals surface area contributed by atoms with Gasteiger partial charge in [-0.1, -0.05) is 12.1 Å². The molecule has 6 nitrogen and oxygen atoms in total. The Labute approximate surface area is 164 Å². The molecule has 2 aliphatic heterocycles. The number of aliphatic hydroxyl groups excluding tert-OH is 1. The Kier molecular flexibility index (Phi) is 4.75. The Hall–Kier alpha value is -2.60. The molecule has 1 aromatic carbocycles. The molecule has 0 aliphatic carbocycles. The van der Waals surface area contributed by atoms with Crippen LogP contribution in [0, 0.1) is 12.3 Å². The molecule has 1 N–H and O–H groups in total. The van der Waals surface area contributed by atoms with E-state index in [-0.39, 0.29) is 11.8 Å². The van der Waals surface area contributed by atoms with Crippen molar-refractivity contribution in [3.8, 4) is 11.3 Å². The van der Waals surface area contributed by atoms with Crippen molar-refractivity contribution in [2.45, 2.75) is 32.3 Å². The quantitative estimate of drug-likeness (QED) is 0.867. The Morgan fingerprint density at radius 3 is 2.64 bits per heavy atom. The van der Waals surface area contributed by atoms with E-state index in [1.807, 2.05) is 48.2 Å². The van der Waals surface area contributed by atoms with E-state index in [1.54, 1.807) is 11.9 Å². The number of aliphatic hydroxyl groups is 1. The molecule has 1 spiro atoms. The zero-order valence-corrected chi connectivity index (χ0v) is 16.4. The number of carbonyl (C=O) groups excluding carboxylic acids is 2. The minimum absolute atomic E-state index is 0.0304. The number of rotatable bonds is 2. The molecule has 1 atom stereocenters. The van der Waals surface area contributed by atoms with Gasteiger partial charge in [0.1, 0.15) is 11.5 Å². The topological polar surface area (TPSA) is 74.0 Å². The van der Waals surface area contributed by atoms with E-state index in [9.17, 15) is 14.7 Å². The molecular formula is C22H26N2O4. The summed E-state index contributed by atoms with van der Waals surface area (Å²) in [5.74, 6) is 1.64. The van der Waals surface area contributed by atoms with E-state index >= 15 is 0 Å². The van der Waals surface area contributed by atoms with Crippen molar-refractivity contribution < 1.29 is 19.1 Å². The number of nitrogens with zero attached hydrogens (tertiary/aromatic N) is 2. The summed E-state index contributed by atoms with van der Waals surface area (Å²) < 4.78 is 5.67. The summed E-state index contributed by atoms with van der Waals surface area (Å²) in [4.78, 5) is 29.2. The first-order chi connectivity index (χ1) is 13.4. The molecule has 4 rings (SSSR count). The van der Waals surface area contributed by atoms with Crippen LogP contribution in [0.4, 0.5) is 0 Å². The van der Waals surface area contributed by atoms with Crippen LogP contribution in [-0.2, 0) is 4.79 Å². The molecule has 2 saturated heterocycles. The molecule has 2 aromatic rings. The zero-order chi connectivity index (χ0) is 19.9. The van der Waals surface area contributed by atoms with Crippen LogP contribution in [0.5, 0.6) is 0 Å². The SMILES string of the molecule is Cc1ccc(-c2cccc(C(=O)N3CCC4(CC3)CC(O)CN(C)C4=O)c2)o1. The standard InChI is InChI=1S/C22H26N2O4/c1-15-6-7-19(28-15)16-4-3-5-17(12-16)20(26)24-10-8-22(9-11-24)13-18(25)14-23(2)21(22)27/h3-7,12,18,25H,8-11,13-14H2,1-2H3. The van der Waals surface area contributed by atoms with Gasteiger partial charge in [-0.2, -0.15) is 0 Å². The van der Waals surface area contributed by atoms with Crippen molar-refractivity contribution in [1.82, 2.24) is 9.80 Å². The summed E-state index contributed by atoms with van der Waals surface area (Å²) in [6, 6.07) is 11.3. The Morgan fingerprint density at radius 1 is 1.21 bits per heavy atom. The first kappa shape index (κ1) is 18.7. The Bertz CT molecular complexity index is 895. The van der Waals surface area contributed by atoms with Crippen molar-refractivity contribution >= 4 is 11.8 Å². The summed E-state index contributed by atoms with van der Waals surface area (Å²) in [7, 11) is 1.74. The van der Waals surface area contributed by atoms with E-state index in [0.29, 0.717) is 44.5 Å². The molecular weight excluding hydrogens is 356 g/mol. The van der Waals surface area contributed by atoms with Crippen molar-refractivity contribution in [1.29, 1.82) is 0 Å². The van der Waals surface area contributed by atoms with Crippen LogP contribution in [0.25, 0.3) is 11.3 Å². The van der Waals surface area contributed by atoms with Gasteiger partial charge in [0.15, 0.2) is 0 Å². The Morgan fingerprint density at radius 2 is 1.96 bits per heavy atom. The third kappa shape index (κ3) is 3.33. The molecule has 148 valence electrons. The predicted molar refractivity (Wildman–Crippen MR) is 105 cm³/mol. The maximum Gasteiger partial charge on any atom is 0.253 e. The number of aryl methyl sites for hydroxylation is 1. The lowest BCUT2D eigenvalue weighted by molar-refractivity contribution is -0.154. The number of furan rings is 1. The number of β-amino-alcohol motifs (C(OH)–C–C–N with tert-alkyl or cyclic N) is 1. The summed E-state index contributed by atoms with van der Waals surface area (Å²) in [5.41, 5.74) is 0.964. The normalized spacial score (nSPS) is 22.0. The molecule has 2 amide bonds. The number of hydrogen-bond donors (Lipinski definition) is 1. The minimum Gasteiger partial charge on any atom is -0.461 e. The number of amides is 2.